The Balaban J connectivity index is 1.37. The van der Waals surface area contributed by atoms with E-state index in [1.165, 1.54) is 10.7 Å². The first-order valence-corrected chi connectivity index (χ1v) is 12.3. The van der Waals surface area contributed by atoms with E-state index in [1.807, 2.05) is 36.5 Å². The molecule has 1 N–H and O–H groups in total. The van der Waals surface area contributed by atoms with Gasteiger partial charge >= 0.3 is 0 Å². The molecule has 8 heteroatoms. The van der Waals surface area contributed by atoms with E-state index in [9.17, 15) is 13.2 Å². The van der Waals surface area contributed by atoms with Gasteiger partial charge in [-0.2, -0.15) is 9.40 Å². The summed E-state index contributed by atoms with van der Waals surface area (Å²) in [6.07, 6.45) is 8.80. The maximum absolute atomic E-state index is 13.0. The summed E-state index contributed by atoms with van der Waals surface area (Å²) in [4.78, 5) is 12.7. The molecule has 0 bridgehead atoms. The van der Waals surface area contributed by atoms with Crippen LogP contribution in [0.1, 0.15) is 37.7 Å². The minimum Gasteiger partial charge on any atom is -0.326 e. The van der Waals surface area contributed by atoms with E-state index in [0.29, 0.717) is 5.69 Å². The van der Waals surface area contributed by atoms with Gasteiger partial charge in [-0.15, -0.1) is 0 Å². The topological polar surface area (TPSA) is 84.3 Å². The van der Waals surface area contributed by atoms with Gasteiger partial charge in [-0.3, -0.25) is 4.79 Å². The van der Waals surface area contributed by atoms with E-state index in [2.05, 4.69) is 10.4 Å². The lowest BCUT2D eigenvalue weighted by atomic mass is 9.96. The van der Waals surface area contributed by atoms with Crippen molar-refractivity contribution in [3.63, 3.8) is 0 Å². The van der Waals surface area contributed by atoms with Crippen molar-refractivity contribution in [3.05, 3.63) is 72.6 Å². The lowest BCUT2D eigenvalue weighted by molar-refractivity contribution is -0.115. The van der Waals surface area contributed by atoms with Gasteiger partial charge in [0, 0.05) is 25.0 Å². The Morgan fingerprint density at radius 2 is 1.75 bits per heavy atom. The SMILES string of the molecule is CN(C1CCCCC1)S(=O)(=O)c1ccc(NC(=O)Cc2cnn(-c3ccccc3)c2)cc1. The zero-order valence-electron chi connectivity index (χ0n) is 18.1. The van der Waals surface area contributed by atoms with E-state index < -0.39 is 10.0 Å². The van der Waals surface area contributed by atoms with Crippen LogP contribution < -0.4 is 5.32 Å². The van der Waals surface area contributed by atoms with Crippen LogP contribution in [0.15, 0.2) is 71.9 Å². The third kappa shape index (κ3) is 5.08. The third-order valence-electron chi connectivity index (χ3n) is 5.93. The highest BCUT2D eigenvalue weighted by Gasteiger charge is 2.28. The molecular weight excluding hydrogens is 424 g/mol. The van der Waals surface area contributed by atoms with E-state index in [-0.39, 0.29) is 23.3 Å². The monoisotopic (exact) mass is 452 g/mol. The van der Waals surface area contributed by atoms with Crippen molar-refractivity contribution in [2.75, 3.05) is 12.4 Å². The second-order valence-electron chi connectivity index (χ2n) is 8.19. The van der Waals surface area contributed by atoms with Crippen molar-refractivity contribution in [2.24, 2.45) is 0 Å². The van der Waals surface area contributed by atoms with Gasteiger partial charge in [-0.25, -0.2) is 13.1 Å². The Bertz CT molecular complexity index is 1150. The minimum atomic E-state index is -3.55. The van der Waals surface area contributed by atoms with Crippen LogP contribution in [0.2, 0.25) is 0 Å². The first-order chi connectivity index (χ1) is 15.4. The number of amides is 1. The molecule has 4 rings (SSSR count). The number of hydrogen-bond donors (Lipinski definition) is 1. The molecule has 3 aromatic rings. The second-order valence-corrected chi connectivity index (χ2v) is 10.2. The molecule has 168 valence electrons. The maximum atomic E-state index is 13.0. The summed E-state index contributed by atoms with van der Waals surface area (Å²) in [5.74, 6) is -0.187. The summed E-state index contributed by atoms with van der Waals surface area (Å²) >= 11 is 0. The molecule has 0 aliphatic heterocycles. The number of rotatable bonds is 7. The Morgan fingerprint density at radius 1 is 1.06 bits per heavy atom. The zero-order valence-corrected chi connectivity index (χ0v) is 19.0. The van der Waals surface area contributed by atoms with Crippen molar-refractivity contribution in [1.82, 2.24) is 14.1 Å². The quantitative estimate of drug-likeness (QED) is 0.587. The smallest absolute Gasteiger partial charge is 0.243 e. The van der Waals surface area contributed by atoms with Crippen LogP contribution in [-0.2, 0) is 21.2 Å². The first kappa shape index (κ1) is 22.2. The number of carbonyl (C=O) groups excluding carboxylic acids is 1. The molecule has 7 nitrogen and oxygen atoms in total. The molecule has 0 atom stereocenters. The molecule has 0 radical (unpaired) electrons. The Hall–Kier alpha value is -2.97. The zero-order chi connectivity index (χ0) is 22.6. The summed E-state index contributed by atoms with van der Waals surface area (Å²) in [6, 6.07) is 16.1. The van der Waals surface area contributed by atoms with Crippen molar-refractivity contribution >= 4 is 21.6 Å². The molecule has 0 spiro atoms. The highest BCUT2D eigenvalue weighted by molar-refractivity contribution is 7.89. The summed E-state index contributed by atoms with van der Waals surface area (Å²) in [7, 11) is -1.88. The summed E-state index contributed by atoms with van der Waals surface area (Å²) in [5, 5.41) is 7.13. The molecular formula is C24H28N4O3S. The summed E-state index contributed by atoms with van der Waals surface area (Å²) in [6.45, 7) is 0. The van der Waals surface area contributed by atoms with Crippen LogP contribution in [0.5, 0.6) is 0 Å². The molecule has 1 aliphatic rings. The van der Waals surface area contributed by atoms with Crippen LogP contribution >= 0.6 is 0 Å². The van der Waals surface area contributed by atoms with E-state index in [1.54, 1.807) is 42.2 Å². The van der Waals surface area contributed by atoms with Crippen molar-refractivity contribution in [1.29, 1.82) is 0 Å². The van der Waals surface area contributed by atoms with Crippen LogP contribution in [-0.4, -0.2) is 41.5 Å². The summed E-state index contributed by atoms with van der Waals surface area (Å²) in [5.41, 5.74) is 2.28. The number of sulfonamides is 1. The van der Waals surface area contributed by atoms with Gasteiger partial charge in [0.2, 0.25) is 15.9 Å². The number of nitrogens with zero attached hydrogens (tertiary/aromatic N) is 3. The fourth-order valence-corrected chi connectivity index (χ4v) is 5.50. The van der Waals surface area contributed by atoms with Gasteiger partial charge in [0.1, 0.15) is 0 Å². The molecule has 1 amide bonds. The Labute approximate surface area is 189 Å². The van der Waals surface area contributed by atoms with E-state index in [0.717, 1.165) is 36.9 Å². The molecule has 1 fully saturated rings. The van der Waals surface area contributed by atoms with Gasteiger partial charge in [0.15, 0.2) is 0 Å². The molecule has 1 saturated carbocycles. The number of anilines is 1. The fraction of sp³-hybridized carbons (Fsp3) is 0.333. The second kappa shape index (κ2) is 9.67. The summed E-state index contributed by atoms with van der Waals surface area (Å²) < 4.78 is 29.1. The van der Waals surface area contributed by atoms with Gasteiger partial charge in [0.05, 0.1) is 23.2 Å². The number of aromatic nitrogens is 2. The van der Waals surface area contributed by atoms with Crippen LogP contribution in [0.4, 0.5) is 5.69 Å². The number of carbonyl (C=O) groups is 1. The largest absolute Gasteiger partial charge is 0.326 e. The Kier molecular flexibility index (Phi) is 6.72. The maximum Gasteiger partial charge on any atom is 0.243 e. The molecule has 32 heavy (non-hydrogen) atoms. The Morgan fingerprint density at radius 3 is 2.44 bits per heavy atom. The molecule has 2 aromatic carbocycles. The standard InChI is InChI=1S/C24H28N4O3S/c1-27(21-8-4-2-5-9-21)32(30,31)23-14-12-20(13-15-23)26-24(29)16-19-17-25-28(18-19)22-10-6-3-7-11-22/h3,6-7,10-15,17-18,21H,2,4-5,8-9,16H2,1H3,(H,26,29). The number of hydrogen-bond acceptors (Lipinski definition) is 4. The van der Waals surface area contributed by atoms with Crippen molar-refractivity contribution in [2.45, 2.75) is 49.5 Å². The predicted octanol–water partition coefficient (Wildman–Crippen LogP) is 4.01. The minimum absolute atomic E-state index is 0.0601. The van der Waals surface area contributed by atoms with E-state index in [4.69, 9.17) is 0 Å². The lowest BCUT2D eigenvalue weighted by Crippen LogP contribution is -2.38. The normalized spacial score (nSPS) is 15.1. The van der Waals surface area contributed by atoms with Gasteiger partial charge in [0.25, 0.3) is 0 Å². The first-order valence-electron chi connectivity index (χ1n) is 10.9. The van der Waals surface area contributed by atoms with Crippen LogP contribution in [0, 0.1) is 0 Å². The fourth-order valence-electron chi connectivity index (χ4n) is 4.08. The van der Waals surface area contributed by atoms with Gasteiger partial charge < -0.3 is 5.32 Å². The number of nitrogens with one attached hydrogen (secondary N) is 1. The van der Waals surface area contributed by atoms with Crippen LogP contribution in [0.25, 0.3) is 5.69 Å². The van der Waals surface area contributed by atoms with Gasteiger partial charge in [-0.1, -0.05) is 37.5 Å². The molecule has 1 heterocycles. The lowest BCUT2D eigenvalue weighted by Gasteiger charge is -2.30. The average Bonchev–Trinajstić information content (AvgIpc) is 3.28. The van der Waals surface area contributed by atoms with E-state index >= 15 is 0 Å². The molecule has 1 aromatic heterocycles. The predicted molar refractivity (Wildman–Crippen MR) is 124 cm³/mol. The highest BCUT2D eigenvalue weighted by atomic mass is 32.2. The molecule has 0 saturated heterocycles. The third-order valence-corrected chi connectivity index (χ3v) is 7.85. The number of para-hydroxylation sites is 1. The number of benzene rings is 2. The van der Waals surface area contributed by atoms with Crippen LogP contribution in [0.3, 0.4) is 0 Å². The van der Waals surface area contributed by atoms with Crippen molar-refractivity contribution < 1.29 is 13.2 Å². The highest BCUT2D eigenvalue weighted by Crippen LogP contribution is 2.27. The average molecular weight is 453 g/mol. The van der Waals surface area contributed by atoms with Gasteiger partial charge in [-0.05, 0) is 54.8 Å². The molecule has 0 unspecified atom stereocenters. The molecule has 1 aliphatic carbocycles. The van der Waals surface area contributed by atoms with Crippen molar-refractivity contribution in [3.8, 4) is 5.69 Å².